The standard InChI is InChI=1S/C15H27N3O2/c1-6-13-12(7-17-18(13)8-11(2)3)14(20)16-9-15(4,5)10-19/h7,11,19H,6,8-10H2,1-5H3,(H,16,20). The summed E-state index contributed by atoms with van der Waals surface area (Å²) in [5.41, 5.74) is 1.30. The summed E-state index contributed by atoms with van der Waals surface area (Å²) in [6.45, 7) is 11.4. The molecule has 0 aromatic carbocycles. The zero-order valence-electron chi connectivity index (χ0n) is 13.2. The van der Waals surface area contributed by atoms with Crippen LogP contribution in [0.15, 0.2) is 6.20 Å². The van der Waals surface area contributed by atoms with E-state index in [2.05, 4.69) is 24.3 Å². The van der Waals surface area contributed by atoms with Gasteiger partial charge in [0.2, 0.25) is 0 Å². The summed E-state index contributed by atoms with van der Waals surface area (Å²) >= 11 is 0. The van der Waals surface area contributed by atoms with E-state index in [0.29, 0.717) is 18.0 Å². The van der Waals surface area contributed by atoms with Crippen LogP contribution in [0.4, 0.5) is 0 Å². The Morgan fingerprint density at radius 1 is 1.50 bits per heavy atom. The number of nitrogens with one attached hydrogen (secondary N) is 1. The van der Waals surface area contributed by atoms with Gasteiger partial charge < -0.3 is 10.4 Å². The van der Waals surface area contributed by atoms with Gasteiger partial charge in [0, 0.05) is 25.1 Å². The average Bonchev–Trinajstić information content (AvgIpc) is 2.78. The molecule has 0 radical (unpaired) electrons. The van der Waals surface area contributed by atoms with Crippen molar-refractivity contribution in [2.24, 2.45) is 11.3 Å². The van der Waals surface area contributed by atoms with E-state index in [9.17, 15) is 9.90 Å². The molecule has 1 rings (SSSR count). The third-order valence-corrected chi connectivity index (χ3v) is 3.22. The fraction of sp³-hybridized carbons (Fsp3) is 0.733. The molecule has 0 aliphatic heterocycles. The SMILES string of the molecule is CCc1c(C(=O)NCC(C)(C)CO)cnn1CC(C)C. The molecule has 5 nitrogen and oxygen atoms in total. The molecule has 114 valence electrons. The van der Waals surface area contributed by atoms with Crippen LogP contribution in [0.2, 0.25) is 0 Å². The third-order valence-electron chi connectivity index (χ3n) is 3.22. The number of aliphatic hydroxyl groups is 1. The number of nitrogens with zero attached hydrogens (tertiary/aromatic N) is 2. The molecule has 0 spiro atoms. The second-order valence-electron chi connectivity index (χ2n) is 6.44. The van der Waals surface area contributed by atoms with E-state index in [4.69, 9.17) is 0 Å². The normalized spacial score (nSPS) is 11.9. The number of aliphatic hydroxyl groups excluding tert-OH is 1. The molecule has 1 aromatic heterocycles. The van der Waals surface area contributed by atoms with Crippen LogP contribution in [0.1, 0.15) is 50.7 Å². The lowest BCUT2D eigenvalue weighted by Gasteiger charge is -2.21. The number of rotatable bonds is 7. The molecule has 1 amide bonds. The van der Waals surface area contributed by atoms with Gasteiger partial charge in [0.1, 0.15) is 0 Å². The molecule has 0 bridgehead atoms. The molecule has 5 heteroatoms. The Hall–Kier alpha value is -1.36. The van der Waals surface area contributed by atoms with Gasteiger partial charge in [-0.1, -0.05) is 34.6 Å². The maximum atomic E-state index is 12.2. The lowest BCUT2D eigenvalue weighted by Crippen LogP contribution is -2.36. The van der Waals surface area contributed by atoms with Crippen molar-refractivity contribution in [3.05, 3.63) is 17.5 Å². The van der Waals surface area contributed by atoms with Gasteiger partial charge >= 0.3 is 0 Å². The first-order valence-corrected chi connectivity index (χ1v) is 7.24. The molecule has 0 unspecified atom stereocenters. The summed E-state index contributed by atoms with van der Waals surface area (Å²) in [7, 11) is 0. The Morgan fingerprint density at radius 2 is 2.15 bits per heavy atom. The molecule has 0 fully saturated rings. The number of hydrogen-bond donors (Lipinski definition) is 2. The molecular formula is C15H27N3O2. The summed E-state index contributed by atoms with van der Waals surface area (Å²) < 4.78 is 1.91. The Labute approximate surface area is 121 Å². The van der Waals surface area contributed by atoms with E-state index < -0.39 is 0 Å². The number of hydrogen-bond acceptors (Lipinski definition) is 3. The first-order valence-electron chi connectivity index (χ1n) is 7.24. The van der Waals surface area contributed by atoms with E-state index in [1.807, 2.05) is 25.5 Å². The number of carbonyl (C=O) groups excluding carboxylic acids is 1. The van der Waals surface area contributed by atoms with E-state index in [0.717, 1.165) is 18.7 Å². The molecule has 0 saturated carbocycles. The van der Waals surface area contributed by atoms with E-state index in [-0.39, 0.29) is 17.9 Å². The Kier molecular flexibility index (Phi) is 5.74. The van der Waals surface area contributed by atoms with Crippen LogP contribution in [0.3, 0.4) is 0 Å². The van der Waals surface area contributed by atoms with E-state index >= 15 is 0 Å². The lowest BCUT2D eigenvalue weighted by atomic mass is 9.95. The van der Waals surface area contributed by atoms with Crippen molar-refractivity contribution in [1.82, 2.24) is 15.1 Å². The smallest absolute Gasteiger partial charge is 0.254 e. The summed E-state index contributed by atoms with van der Waals surface area (Å²) in [6, 6.07) is 0. The van der Waals surface area contributed by atoms with Crippen molar-refractivity contribution >= 4 is 5.91 Å². The molecule has 0 aliphatic rings. The van der Waals surface area contributed by atoms with Crippen molar-refractivity contribution < 1.29 is 9.90 Å². The first-order chi connectivity index (χ1) is 9.30. The number of amides is 1. The first kappa shape index (κ1) is 16.7. The Bertz CT molecular complexity index is 450. The highest BCUT2D eigenvalue weighted by atomic mass is 16.3. The van der Waals surface area contributed by atoms with E-state index in [1.165, 1.54) is 0 Å². The summed E-state index contributed by atoms with van der Waals surface area (Å²) in [4.78, 5) is 12.2. The van der Waals surface area contributed by atoms with Crippen LogP contribution in [-0.2, 0) is 13.0 Å². The monoisotopic (exact) mass is 281 g/mol. The van der Waals surface area contributed by atoms with Gasteiger partial charge in [-0.25, -0.2) is 0 Å². The molecular weight excluding hydrogens is 254 g/mol. The minimum Gasteiger partial charge on any atom is -0.396 e. The van der Waals surface area contributed by atoms with Crippen LogP contribution in [-0.4, -0.2) is 33.9 Å². The highest BCUT2D eigenvalue weighted by Gasteiger charge is 2.21. The fourth-order valence-corrected chi connectivity index (χ4v) is 1.95. The number of carbonyl (C=O) groups is 1. The van der Waals surface area contributed by atoms with Gasteiger partial charge in [0.05, 0.1) is 17.5 Å². The minimum atomic E-state index is -0.310. The summed E-state index contributed by atoms with van der Waals surface area (Å²) in [6.07, 6.45) is 2.42. The Balaban J connectivity index is 2.80. The van der Waals surface area contributed by atoms with Gasteiger partial charge in [-0.3, -0.25) is 9.48 Å². The van der Waals surface area contributed by atoms with Gasteiger partial charge in [-0.2, -0.15) is 5.10 Å². The second-order valence-corrected chi connectivity index (χ2v) is 6.44. The van der Waals surface area contributed by atoms with Gasteiger partial charge in [-0.05, 0) is 12.3 Å². The van der Waals surface area contributed by atoms with Crippen LogP contribution >= 0.6 is 0 Å². The van der Waals surface area contributed by atoms with Crippen LogP contribution in [0.5, 0.6) is 0 Å². The van der Waals surface area contributed by atoms with Crippen molar-refractivity contribution in [2.75, 3.05) is 13.2 Å². The Morgan fingerprint density at radius 3 is 2.65 bits per heavy atom. The highest BCUT2D eigenvalue weighted by molar-refractivity contribution is 5.95. The second kappa shape index (κ2) is 6.88. The maximum absolute atomic E-state index is 12.2. The molecule has 1 aromatic rings. The molecule has 2 N–H and O–H groups in total. The summed E-state index contributed by atoms with van der Waals surface area (Å²) in [5.74, 6) is 0.378. The molecule has 20 heavy (non-hydrogen) atoms. The zero-order chi connectivity index (χ0) is 15.3. The van der Waals surface area contributed by atoms with Crippen LogP contribution in [0, 0.1) is 11.3 Å². The molecule has 0 atom stereocenters. The molecule has 0 aliphatic carbocycles. The van der Waals surface area contributed by atoms with E-state index in [1.54, 1.807) is 6.20 Å². The third kappa shape index (κ3) is 4.34. The quantitative estimate of drug-likeness (QED) is 0.801. The topological polar surface area (TPSA) is 67.2 Å². The molecule has 0 saturated heterocycles. The average molecular weight is 281 g/mol. The predicted octanol–water partition coefficient (Wildman–Crippen LogP) is 1.85. The van der Waals surface area contributed by atoms with Crippen molar-refractivity contribution in [3.8, 4) is 0 Å². The highest BCUT2D eigenvalue weighted by Crippen LogP contribution is 2.14. The van der Waals surface area contributed by atoms with Crippen molar-refractivity contribution in [1.29, 1.82) is 0 Å². The summed E-state index contributed by atoms with van der Waals surface area (Å²) in [5, 5.41) is 16.4. The fourth-order valence-electron chi connectivity index (χ4n) is 1.95. The van der Waals surface area contributed by atoms with Crippen LogP contribution in [0.25, 0.3) is 0 Å². The van der Waals surface area contributed by atoms with Crippen LogP contribution < -0.4 is 5.32 Å². The maximum Gasteiger partial charge on any atom is 0.254 e. The van der Waals surface area contributed by atoms with Gasteiger partial charge in [-0.15, -0.1) is 0 Å². The largest absolute Gasteiger partial charge is 0.396 e. The van der Waals surface area contributed by atoms with Gasteiger partial charge in [0.15, 0.2) is 0 Å². The minimum absolute atomic E-state index is 0.0422. The zero-order valence-corrected chi connectivity index (χ0v) is 13.2. The van der Waals surface area contributed by atoms with Crippen molar-refractivity contribution in [3.63, 3.8) is 0 Å². The van der Waals surface area contributed by atoms with Gasteiger partial charge in [0.25, 0.3) is 5.91 Å². The lowest BCUT2D eigenvalue weighted by molar-refractivity contribution is 0.0910. The molecule has 1 heterocycles. The van der Waals surface area contributed by atoms with Crippen molar-refractivity contribution in [2.45, 2.75) is 47.6 Å². The number of aromatic nitrogens is 2. The predicted molar refractivity (Wildman–Crippen MR) is 79.6 cm³/mol.